The molecule has 0 aliphatic heterocycles. The van der Waals surface area contributed by atoms with Crippen molar-refractivity contribution in [2.75, 3.05) is 0 Å². The summed E-state index contributed by atoms with van der Waals surface area (Å²) in [6.07, 6.45) is 4.23. The van der Waals surface area contributed by atoms with Gasteiger partial charge < -0.3 is 5.73 Å². The van der Waals surface area contributed by atoms with Crippen LogP contribution in [-0.2, 0) is 0 Å². The summed E-state index contributed by atoms with van der Waals surface area (Å²) in [4.78, 5) is 0. The Bertz CT molecular complexity index is 661. The third-order valence-electron chi connectivity index (χ3n) is 5.09. The zero-order chi connectivity index (χ0) is 15.9. The van der Waals surface area contributed by atoms with E-state index in [4.69, 9.17) is 18.0 Å². The normalized spacial score (nSPS) is 29.2. The quantitative estimate of drug-likeness (QED) is 0.649. The van der Waals surface area contributed by atoms with Crippen LogP contribution in [0.2, 0.25) is 0 Å². The maximum absolute atomic E-state index is 13.0. The Morgan fingerprint density at radius 2 is 2.09 bits per heavy atom. The summed E-state index contributed by atoms with van der Waals surface area (Å²) < 4.78 is 13.0. The fourth-order valence-corrected chi connectivity index (χ4v) is 3.62. The first-order valence-electron chi connectivity index (χ1n) is 7.47. The Morgan fingerprint density at radius 3 is 2.68 bits per heavy atom. The highest BCUT2D eigenvalue weighted by Crippen LogP contribution is 2.59. The second kappa shape index (κ2) is 5.47. The summed E-state index contributed by atoms with van der Waals surface area (Å²) >= 11 is 4.85. The molecule has 3 N–H and O–H groups in total. The van der Waals surface area contributed by atoms with Crippen LogP contribution >= 0.6 is 12.2 Å². The van der Waals surface area contributed by atoms with Crippen LogP contribution in [0.3, 0.4) is 0 Å². The number of hydrazone groups is 1. The maximum atomic E-state index is 13.0. The molecule has 0 heterocycles. The Hall–Kier alpha value is -1.75. The van der Waals surface area contributed by atoms with Gasteiger partial charge >= 0.3 is 0 Å². The number of hydrogen-bond donors (Lipinski definition) is 2. The molecule has 1 aromatic carbocycles. The Morgan fingerprint density at radius 1 is 1.41 bits per heavy atom. The lowest BCUT2D eigenvalue weighted by molar-refractivity contribution is 0.0141. The third-order valence-corrected chi connectivity index (χ3v) is 5.18. The number of halogens is 1. The van der Waals surface area contributed by atoms with Crippen LogP contribution in [0.15, 0.2) is 34.9 Å². The topological polar surface area (TPSA) is 50.4 Å². The predicted molar refractivity (Wildman–Crippen MR) is 91.7 cm³/mol. The number of nitrogens with zero attached hydrogens (tertiary/aromatic N) is 1. The molecule has 2 atom stereocenters. The van der Waals surface area contributed by atoms with Crippen molar-refractivity contribution in [3.8, 4) is 0 Å². The molecule has 0 saturated heterocycles. The van der Waals surface area contributed by atoms with Crippen molar-refractivity contribution in [1.29, 1.82) is 0 Å². The van der Waals surface area contributed by atoms with Crippen LogP contribution < -0.4 is 11.2 Å². The van der Waals surface area contributed by atoms with Gasteiger partial charge in [-0.25, -0.2) is 4.39 Å². The number of fused-ring (bicyclic) bond motifs is 2. The number of allylic oxidation sites excluding steroid dienone is 1. The summed E-state index contributed by atoms with van der Waals surface area (Å²) in [7, 11) is 0. The van der Waals surface area contributed by atoms with Crippen LogP contribution in [0.25, 0.3) is 6.08 Å². The van der Waals surface area contributed by atoms with Crippen molar-refractivity contribution in [3.63, 3.8) is 0 Å². The van der Waals surface area contributed by atoms with Crippen molar-refractivity contribution in [1.82, 2.24) is 5.43 Å². The van der Waals surface area contributed by atoms with Crippen LogP contribution in [0.5, 0.6) is 0 Å². The summed E-state index contributed by atoms with van der Waals surface area (Å²) in [5, 5.41) is 4.62. The van der Waals surface area contributed by atoms with Gasteiger partial charge in [-0.2, -0.15) is 5.10 Å². The molecule has 0 amide bonds. The minimum absolute atomic E-state index is 0.174. The van der Waals surface area contributed by atoms with E-state index >= 15 is 0 Å². The number of thiocarbonyl (C=S) groups is 1. The van der Waals surface area contributed by atoms with Crippen molar-refractivity contribution >= 4 is 29.1 Å². The molecule has 3 aliphatic carbocycles. The van der Waals surface area contributed by atoms with E-state index in [1.54, 1.807) is 12.1 Å². The molecule has 3 saturated carbocycles. The average Bonchev–Trinajstić information content (AvgIpc) is 2.47. The molecule has 1 aromatic rings. The molecular weight excluding hydrogens is 297 g/mol. The smallest absolute Gasteiger partial charge is 0.184 e. The zero-order valence-corrected chi connectivity index (χ0v) is 13.6. The van der Waals surface area contributed by atoms with Gasteiger partial charge in [0, 0.05) is 5.92 Å². The van der Waals surface area contributed by atoms with Crippen molar-refractivity contribution in [2.45, 2.75) is 26.7 Å². The molecular formula is C17H20FN3S. The lowest BCUT2D eigenvalue weighted by Crippen LogP contribution is -2.54. The van der Waals surface area contributed by atoms with Gasteiger partial charge in [0.15, 0.2) is 5.11 Å². The second-order valence-electron chi connectivity index (χ2n) is 6.70. The van der Waals surface area contributed by atoms with E-state index < -0.39 is 0 Å². The van der Waals surface area contributed by atoms with E-state index in [2.05, 4.69) is 30.5 Å². The summed E-state index contributed by atoms with van der Waals surface area (Å²) in [6, 6.07) is 6.52. The zero-order valence-electron chi connectivity index (χ0n) is 12.8. The van der Waals surface area contributed by atoms with E-state index in [0.717, 1.165) is 24.1 Å². The van der Waals surface area contributed by atoms with E-state index in [1.165, 1.54) is 17.7 Å². The molecule has 3 nitrogen and oxygen atoms in total. The van der Waals surface area contributed by atoms with Crippen LogP contribution in [0.4, 0.5) is 4.39 Å². The molecule has 3 aliphatic rings. The number of rotatable bonds is 2. The molecule has 22 heavy (non-hydrogen) atoms. The van der Waals surface area contributed by atoms with Gasteiger partial charge in [0.1, 0.15) is 5.82 Å². The van der Waals surface area contributed by atoms with Crippen LogP contribution in [0.1, 0.15) is 32.3 Å². The maximum Gasteiger partial charge on any atom is 0.184 e. The highest BCUT2D eigenvalue weighted by molar-refractivity contribution is 7.80. The summed E-state index contributed by atoms with van der Waals surface area (Å²) in [5.74, 6) is 0.867. The molecule has 5 heteroatoms. The molecule has 3 fully saturated rings. The van der Waals surface area contributed by atoms with Gasteiger partial charge in [-0.05, 0) is 65.7 Å². The van der Waals surface area contributed by atoms with Crippen molar-refractivity contribution in [2.24, 2.45) is 28.1 Å². The predicted octanol–water partition coefficient (Wildman–Crippen LogP) is 3.46. The number of hydrogen-bond acceptors (Lipinski definition) is 2. The summed E-state index contributed by atoms with van der Waals surface area (Å²) in [6.45, 7) is 4.58. The fourth-order valence-electron chi connectivity index (χ4n) is 3.58. The lowest BCUT2D eigenvalue weighted by atomic mass is 9.47. The molecule has 0 radical (unpaired) electrons. The van der Waals surface area contributed by atoms with Crippen LogP contribution in [-0.4, -0.2) is 10.8 Å². The minimum atomic E-state index is -0.223. The van der Waals surface area contributed by atoms with E-state index in [-0.39, 0.29) is 16.3 Å². The average molecular weight is 317 g/mol. The van der Waals surface area contributed by atoms with Gasteiger partial charge in [0.05, 0.1) is 5.71 Å². The van der Waals surface area contributed by atoms with Crippen LogP contribution in [0, 0.1) is 23.1 Å². The molecule has 116 valence electrons. The molecule has 4 rings (SSSR count). The first kappa shape index (κ1) is 15.2. The Kier molecular flexibility index (Phi) is 3.77. The monoisotopic (exact) mass is 317 g/mol. The number of nitrogens with one attached hydrogen (secondary N) is 1. The largest absolute Gasteiger partial charge is 0.375 e. The second-order valence-corrected chi connectivity index (χ2v) is 7.14. The highest BCUT2D eigenvalue weighted by Gasteiger charge is 2.54. The SMILES string of the molecule is CC1(C)C2CC(=C\c3ccc(F)cc3)/C(=N\NC(N)=S)C1C2. The van der Waals surface area contributed by atoms with E-state index in [1.807, 2.05) is 0 Å². The van der Waals surface area contributed by atoms with E-state index in [0.29, 0.717) is 11.8 Å². The Labute approximate surface area is 135 Å². The number of benzene rings is 1. The minimum Gasteiger partial charge on any atom is -0.375 e. The van der Waals surface area contributed by atoms with Gasteiger partial charge in [-0.1, -0.05) is 26.0 Å². The standard InChI is InChI=1S/C17H20FN3S/c1-17(2)12-8-11(7-10-3-5-13(18)6-4-10)15(14(17)9-12)20-21-16(19)22/h3-7,12,14H,8-9H2,1-2H3,(H3,19,21,22)/b11-7+,20-15+. The summed E-state index contributed by atoms with van der Waals surface area (Å²) in [5.41, 5.74) is 11.7. The fraction of sp³-hybridized carbons (Fsp3) is 0.412. The van der Waals surface area contributed by atoms with Gasteiger partial charge in [-0.15, -0.1) is 0 Å². The highest BCUT2D eigenvalue weighted by atomic mass is 32.1. The third kappa shape index (κ3) is 2.65. The van der Waals surface area contributed by atoms with Gasteiger partial charge in [-0.3, -0.25) is 5.43 Å². The lowest BCUT2D eigenvalue weighted by Gasteiger charge is -2.57. The molecule has 0 spiro atoms. The van der Waals surface area contributed by atoms with E-state index in [9.17, 15) is 4.39 Å². The van der Waals surface area contributed by atoms with Gasteiger partial charge in [0.25, 0.3) is 0 Å². The first-order chi connectivity index (χ1) is 10.4. The van der Waals surface area contributed by atoms with Crippen molar-refractivity contribution < 1.29 is 4.39 Å². The van der Waals surface area contributed by atoms with Crippen molar-refractivity contribution in [3.05, 3.63) is 41.2 Å². The molecule has 2 bridgehead atoms. The Balaban J connectivity index is 1.93. The number of nitrogens with two attached hydrogens (primary N) is 1. The molecule has 2 unspecified atom stereocenters. The van der Waals surface area contributed by atoms with Gasteiger partial charge in [0.2, 0.25) is 0 Å². The molecule has 0 aromatic heterocycles. The first-order valence-corrected chi connectivity index (χ1v) is 7.88.